The number of rotatable bonds is 6. The van der Waals surface area contributed by atoms with Gasteiger partial charge in [-0.1, -0.05) is 23.4 Å². The lowest BCUT2D eigenvalue weighted by molar-refractivity contribution is -0.125. The van der Waals surface area contributed by atoms with Crippen molar-refractivity contribution in [2.75, 3.05) is 26.2 Å². The second kappa shape index (κ2) is 9.56. The summed E-state index contributed by atoms with van der Waals surface area (Å²) in [6, 6.07) is 6.15. The largest absolute Gasteiger partial charge is 0.434 e. The van der Waals surface area contributed by atoms with Gasteiger partial charge in [0.2, 0.25) is 15.9 Å². The van der Waals surface area contributed by atoms with E-state index in [0.717, 1.165) is 0 Å². The van der Waals surface area contributed by atoms with Gasteiger partial charge in [0.25, 0.3) is 0 Å². The van der Waals surface area contributed by atoms with Gasteiger partial charge in [-0.05, 0) is 32.4 Å². The standard InChI is InChI=1S/C20H23F2N3O5S/c1-14-19(15(2)30-23-14)31(27,28)25-11-5-10-24(12-13-25)18(26)9-8-16-6-3-4-7-17(16)29-20(21)22/h3-4,6-9,20H,5,10-13H2,1-2H3/b9-8+. The number of para-hydroxylation sites is 1. The van der Waals surface area contributed by atoms with Crippen LogP contribution in [0.1, 0.15) is 23.4 Å². The molecule has 3 rings (SSSR count). The molecule has 11 heteroatoms. The van der Waals surface area contributed by atoms with Gasteiger partial charge in [0.15, 0.2) is 5.76 Å². The SMILES string of the molecule is Cc1noc(C)c1S(=O)(=O)N1CCCN(C(=O)/C=C/c2ccccc2OC(F)F)CC1. The van der Waals surface area contributed by atoms with Crippen molar-refractivity contribution in [2.45, 2.75) is 31.8 Å². The zero-order valence-electron chi connectivity index (χ0n) is 17.1. The number of alkyl halides is 2. The lowest BCUT2D eigenvalue weighted by Gasteiger charge is -2.21. The molecule has 1 aliphatic rings. The predicted molar refractivity (Wildman–Crippen MR) is 108 cm³/mol. The minimum atomic E-state index is -3.79. The van der Waals surface area contributed by atoms with Crippen LogP contribution in [0.4, 0.5) is 8.78 Å². The Morgan fingerprint density at radius 2 is 1.94 bits per heavy atom. The molecular weight excluding hydrogens is 432 g/mol. The monoisotopic (exact) mass is 455 g/mol. The van der Waals surface area contributed by atoms with Crippen molar-refractivity contribution in [1.29, 1.82) is 0 Å². The molecule has 0 aliphatic carbocycles. The minimum Gasteiger partial charge on any atom is -0.434 e. The summed E-state index contributed by atoms with van der Waals surface area (Å²) in [7, 11) is -3.79. The molecule has 1 amide bonds. The molecule has 0 radical (unpaired) electrons. The highest BCUT2D eigenvalue weighted by Crippen LogP contribution is 2.25. The summed E-state index contributed by atoms with van der Waals surface area (Å²) in [6.45, 7) is 1.08. The van der Waals surface area contributed by atoms with E-state index in [9.17, 15) is 22.0 Å². The van der Waals surface area contributed by atoms with Crippen molar-refractivity contribution in [3.8, 4) is 5.75 Å². The minimum absolute atomic E-state index is 0.0332. The Balaban J connectivity index is 1.69. The number of carbonyl (C=O) groups is 1. The molecule has 0 atom stereocenters. The van der Waals surface area contributed by atoms with Crippen LogP contribution >= 0.6 is 0 Å². The summed E-state index contributed by atoms with van der Waals surface area (Å²) in [6.07, 6.45) is 3.13. The number of carbonyl (C=O) groups excluding carboxylic acids is 1. The molecule has 1 fully saturated rings. The van der Waals surface area contributed by atoms with Crippen LogP contribution in [0.15, 0.2) is 39.8 Å². The number of amides is 1. The summed E-state index contributed by atoms with van der Waals surface area (Å²) in [5.41, 5.74) is 0.635. The van der Waals surface area contributed by atoms with Gasteiger partial charge in [0, 0.05) is 37.8 Å². The number of aryl methyl sites for hydroxylation is 2. The molecule has 8 nitrogen and oxygen atoms in total. The van der Waals surface area contributed by atoms with E-state index in [1.807, 2.05) is 0 Å². The fourth-order valence-corrected chi connectivity index (χ4v) is 5.18. The Morgan fingerprint density at radius 1 is 1.19 bits per heavy atom. The van der Waals surface area contributed by atoms with E-state index in [0.29, 0.717) is 24.2 Å². The van der Waals surface area contributed by atoms with Crippen LogP contribution in [0.2, 0.25) is 0 Å². The second-order valence-corrected chi connectivity index (χ2v) is 8.86. The van der Waals surface area contributed by atoms with Crippen LogP contribution in [0.3, 0.4) is 0 Å². The Morgan fingerprint density at radius 3 is 2.61 bits per heavy atom. The van der Waals surface area contributed by atoms with E-state index in [1.165, 1.54) is 27.4 Å². The van der Waals surface area contributed by atoms with Gasteiger partial charge in [-0.2, -0.15) is 13.1 Å². The fourth-order valence-electron chi connectivity index (χ4n) is 3.41. The number of hydrogen-bond acceptors (Lipinski definition) is 6. The van der Waals surface area contributed by atoms with Crippen molar-refractivity contribution in [1.82, 2.24) is 14.4 Å². The van der Waals surface area contributed by atoms with Gasteiger partial charge in [-0.15, -0.1) is 0 Å². The van der Waals surface area contributed by atoms with E-state index in [4.69, 9.17) is 4.52 Å². The molecular formula is C20H23F2N3O5S. The van der Waals surface area contributed by atoms with Crippen LogP contribution < -0.4 is 4.74 Å². The van der Waals surface area contributed by atoms with Crippen molar-refractivity contribution < 1.29 is 31.3 Å². The number of hydrogen-bond donors (Lipinski definition) is 0. The van der Waals surface area contributed by atoms with E-state index < -0.39 is 16.6 Å². The molecule has 2 heterocycles. The van der Waals surface area contributed by atoms with Gasteiger partial charge in [0.05, 0.1) is 0 Å². The molecule has 1 aromatic heterocycles. The van der Waals surface area contributed by atoms with Crippen LogP contribution in [-0.4, -0.2) is 61.5 Å². The molecule has 0 spiro atoms. The second-order valence-electron chi connectivity index (χ2n) is 6.99. The van der Waals surface area contributed by atoms with Crippen molar-refractivity contribution in [3.05, 3.63) is 47.4 Å². The van der Waals surface area contributed by atoms with Gasteiger partial charge in [-0.3, -0.25) is 4.79 Å². The molecule has 0 N–H and O–H groups in total. The van der Waals surface area contributed by atoms with Gasteiger partial charge in [-0.25, -0.2) is 8.42 Å². The molecule has 31 heavy (non-hydrogen) atoms. The third kappa shape index (κ3) is 5.28. The number of nitrogens with zero attached hydrogens (tertiary/aromatic N) is 3. The first-order chi connectivity index (χ1) is 14.7. The van der Waals surface area contributed by atoms with Crippen LogP contribution in [0.25, 0.3) is 6.08 Å². The summed E-state index contributed by atoms with van der Waals surface area (Å²) in [5, 5.41) is 3.71. The average molecular weight is 455 g/mol. The number of benzene rings is 1. The number of aromatic nitrogens is 1. The van der Waals surface area contributed by atoms with Crippen molar-refractivity contribution >= 4 is 22.0 Å². The lowest BCUT2D eigenvalue weighted by Crippen LogP contribution is -2.37. The maximum Gasteiger partial charge on any atom is 0.387 e. The van der Waals surface area contributed by atoms with E-state index in [-0.39, 0.29) is 41.9 Å². The highest BCUT2D eigenvalue weighted by atomic mass is 32.2. The third-order valence-corrected chi connectivity index (χ3v) is 7.02. The zero-order valence-corrected chi connectivity index (χ0v) is 17.9. The quantitative estimate of drug-likeness (QED) is 0.622. The summed E-state index contributed by atoms with van der Waals surface area (Å²) in [5.74, 6) is -0.153. The molecule has 2 aromatic rings. The van der Waals surface area contributed by atoms with Gasteiger partial charge < -0.3 is 14.2 Å². The first-order valence-electron chi connectivity index (χ1n) is 9.64. The maximum absolute atomic E-state index is 13.0. The summed E-state index contributed by atoms with van der Waals surface area (Å²) >= 11 is 0. The Labute approximate surface area is 179 Å². The number of sulfonamides is 1. The smallest absolute Gasteiger partial charge is 0.387 e. The highest BCUT2D eigenvalue weighted by Gasteiger charge is 2.32. The molecule has 0 unspecified atom stereocenters. The normalized spacial score (nSPS) is 16.1. The molecule has 1 saturated heterocycles. The predicted octanol–water partition coefficient (Wildman–Crippen LogP) is 2.83. The molecule has 0 bridgehead atoms. The van der Waals surface area contributed by atoms with Crippen molar-refractivity contribution in [3.63, 3.8) is 0 Å². The molecule has 1 aromatic carbocycles. The Bertz CT molecular complexity index is 1050. The fraction of sp³-hybridized carbons (Fsp3) is 0.400. The number of halogens is 2. The molecule has 1 aliphatic heterocycles. The first kappa shape index (κ1) is 22.9. The van der Waals surface area contributed by atoms with Gasteiger partial charge >= 0.3 is 6.61 Å². The summed E-state index contributed by atoms with van der Waals surface area (Å²) < 4.78 is 61.8. The maximum atomic E-state index is 13.0. The van der Waals surface area contributed by atoms with Crippen molar-refractivity contribution in [2.24, 2.45) is 0 Å². The lowest BCUT2D eigenvalue weighted by atomic mass is 10.2. The van der Waals surface area contributed by atoms with Crippen LogP contribution in [-0.2, 0) is 14.8 Å². The Kier molecular flexibility index (Phi) is 7.06. The zero-order chi connectivity index (χ0) is 22.6. The highest BCUT2D eigenvalue weighted by molar-refractivity contribution is 7.89. The summed E-state index contributed by atoms with van der Waals surface area (Å²) in [4.78, 5) is 14.2. The molecule has 168 valence electrons. The van der Waals surface area contributed by atoms with Gasteiger partial charge in [0.1, 0.15) is 16.3 Å². The molecule has 0 saturated carbocycles. The third-order valence-electron chi connectivity index (χ3n) is 4.87. The van der Waals surface area contributed by atoms with E-state index in [2.05, 4.69) is 9.89 Å². The van der Waals surface area contributed by atoms with E-state index in [1.54, 1.807) is 32.0 Å². The topological polar surface area (TPSA) is 93.0 Å². The average Bonchev–Trinajstić information content (AvgIpc) is 2.92. The number of ether oxygens (including phenoxy) is 1. The van der Waals surface area contributed by atoms with Crippen LogP contribution in [0, 0.1) is 13.8 Å². The Hall–Kier alpha value is -2.79. The van der Waals surface area contributed by atoms with Crippen LogP contribution in [0.5, 0.6) is 5.75 Å². The van der Waals surface area contributed by atoms with E-state index >= 15 is 0 Å². The first-order valence-corrected chi connectivity index (χ1v) is 11.1.